The number of aromatic nitrogens is 1. The number of rotatable bonds is 6. The molecule has 0 saturated carbocycles. The van der Waals surface area contributed by atoms with E-state index in [1.807, 2.05) is 18.2 Å². The van der Waals surface area contributed by atoms with E-state index in [9.17, 15) is 4.79 Å². The molecule has 4 rings (SSSR count). The molecule has 144 valence electrons. The zero-order valence-corrected chi connectivity index (χ0v) is 16.0. The zero-order chi connectivity index (χ0) is 19.5. The topological polar surface area (TPSA) is 90.9 Å². The lowest BCUT2D eigenvalue weighted by Gasteiger charge is -2.10. The highest BCUT2D eigenvalue weighted by Crippen LogP contribution is 2.35. The minimum Gasteiger partial charge on any atom is -0.497 e. The Kier molecular flexibility index (Phi) is 4.90. The molecule has 2 heterocycles. The second-order valence-electron chi connectivity index (χ2n) is 5.75. The SMILES string of the molecule is COc1ccc(NC(=O)c2csc(Nc3ccc4c(c3)OCO4)n2)c(OC)c1. The van der Waals surface area contributed by atoms with Crippen molar-refractivity contribution in [2.24, 2.45) is 0 Å². The van der Waals surface area contributed by atoms with Crippen LogP contribution in [0.1, 0.15) is 10.5 Å². The van der Waals surface area contributed by atoms with Crippen LogP contribution in [0.25, 0.3) is 0 Å². The van der Waals surface area contributed by atoms with Crippen molar-refractivity contribution in [1.82, 2.24) is 4.98 Å². The average Bonchev–Trinajstić information content (AvgIpc) is 3.37. The number of thiazole rings is 1. The Bertz CT molecular complexity index is 1020. The molecule has 0 atom stereocenters. The van der Waals surface area contributed by atoms with Crippen LogP contribution in [-0.4, -0.2) is 31.9 Å². The average molecular weight is 399 g/mol. The highest BCUT2D eigenvalue weighted by Gasteiger charge is 2.16. The lowest BCUT2D eigenvalue weighted by atomic mass is 10.2. The van der Waals surface area contributed by atoms with E-state index in [1.165, 1.54) is 18.4 Å². The van der Waals surface area contributed by atoms with Crippen molar-refractivity contribution < 1.29 is 23.7 Å². The molecule has 3 aromatic rings. The van der Waals surface area contributed by atoms with Gasteiger partial charge in [0.2, 0.25) is 6.79 Å². The van der Waals surface area contributed by atoms with Crippen LogP contribution in [-0.2, 0) is 0 Å². The Hall–Kier alpha value is -3.46. The third-order valence-corrected chi connectivity index (χ3v) is 4.78. The summed E-state index contributed by atoms with van der Waals surface area (Å²) < 4.78 is 21.1. The number of hydrogen-bond acceptors (Lipinski definition) is 8. The van der Waals surface area contributed by atoms with Gasteiger partial charge in [0.25, 0.3) is 5.91 Å². The molecule has 0 fully saturated rings. The van der Waals surface area contributed by atoms with Crippen molar-refractivity contribution in [3.8, 4) is 23.0 Å². The number of benzene rings is 2. The van der Waals surface area contributed by atoms with E-state index in [4.69, 9.17) is 18.9 Å². The minimum atomic E-state index is -0.335. The second kappa shape index (κ2) is 7.65. The van der Waals surface area contributed by atoms with Gasteiger partial charge in [-0.2, -0.15) is 0 Å². The summed E-state index contributed by atoms with van der Waals surface area (Å²) in [6, 6.07) is 10.7. The molecule has 2 aromatic carbocycles. The molecule has 2 N–H and O–H groups in total. The fourth-order valence-electron chi connectivity index (χ4n) is 2.62. The first kappa shape index (κ1) is 17.9. The monoisotopic (exact) mass is 399 g/mol. The Morgan fingerprint density at radius 1 is 1.11 bits per heavy atom. The summed E-state index contributed by atoms with van der Waals surface area (Å²) in [5, 5.41) is 8.23. The maximum atomic E-state index is 12.5. The maximum Gasteiger partial charge on any atom is 0.275 e. The Balaban J connectivity index is 1.46. The van der Waals surface area contributed by atoms with Crippen molar-refractivity contribution in [3.63, 3.8) is 0 Å². The minimum absolute atomic E-state index is 0.217. The molecule has 1 aromatic heterocycles. The van der Waals surface area contributed by atoms with Crippen LogP contribution < -0.4 is 29.6 Å². The third-order valence-electron chi connectivity index (χ3n) is 4.02. The number of carbonyl (C=O) groups excluding carboxylic acids is 1. The van der Waals surface area contributed by atoms with Gasteiger partial charge in [0, 0.05) is 23.2 Å². The lowest BCUT2D eigenvalue weighted by Crippen LogP contribution is -2.13. The van der Waals surface area contributed by atoms with Gasteiger partial charge in [-0.3, -0.25) is 4.79 Å². The van der Waals surface area contributed by atoms with Gasteiger partial charge in [0.05, 0.1) is 19.9 Å². The van der Waals surface area contributed by atoms with E-state index < -0.39 is 0 Å². The van der Waals surface area contributed by atoms with Crippen molar-refractivity contribution in [1.29, 1.82) is 0 Å². The molecule has 0 radical (unpaired) electrons. The summed E-state index contributed by atoms with van der Waals surface area (Å²) in [7, 11) is 3.09. The van der Waals surface area contributed by atoms with Gasteiger partial charge in [-0.05, 0) is 24.3 Å². The number of fused-ring (bicyclic) bond motifs is 1. The quantitative estimate of drug-likeness (QED) is 0.650. The normalized spacial score (nSPS) is 11.8. The van der Waals surface area contributed by atoms with E-state index in [2.05, 4.69) is 15.6 Å². The molecule has 1 amide bonds. The van der Waals surface area contributed by atoms with Crippen molar-refractivity contribution >= 4 is 33.8 Å². The molecule has 28 heavy (non-hydrogen) atoms. The lowest BCUT2D eigenvalue weighted by molar-refractivity contribution is 0.102. The van der Waals surface area contributed by atoms with E-state index in [0.717, 1.165) is 5.69 Å². The van der Waals surface area contributed by atoms with Crippen LogP contribution in [0.3, 0.4) is 0 Å². The van der Waals surface area contributed by atoms with E-state index in [-0.39, 0.29) is 12.7 Å². The van der Waals surface area contributed by atoms with Crippen LogP contribution in [0.2, 0.25) is 0 Å². The van der Waals surface area contributed by atoms with Gasteiger partial charge in [0.15, 0.2) is 16.6 Å². The second-order valence-corrected chi connectivity index (χ2v) is 6.61. The Labute approximate surface area is 165 Å². The first-order valence-electron chi connectivity index (χ1n) is 8.32. The number of nitrogens with one attached hydrogen (secondary N) is 2. The Morgan fingerprint density at radius 2 is 1.96 bits per heavy atom. The number of anilines is 3. The molecule has 0 bridgehead atoms. The number of amides is 1. The molecule has 0 spiro atoms. The van der Waals surface area contributed by atoms with E-state index in [0.29, 0.717) is 39.5 Å². The van der Waals surface area contributed by atoms with Gasteiger partial charge < -0.3 is 29.6 Å². The molecule has 0 saturated heterocycles. The van der Waals surface area contributed by atoms with Gasteiger partial charge in [-0.1, -0.05) is 0 Å². The van der Waals surface area contributed by atoms with E-state index >= 15 is 0 Å². The van der Waals surface area contributed by atoms with Gasteiger partial charge >= 0.3 is 0 Å². The highest BCUT2D eigenvalue weighted by atomic mass is 32.1. The summed E-state index contributed by atoms with van der Waals surface area (Å²) in [5.41, 5.74) is 1.63. The molecule has 1 aliphatic rings. The van der Waals surface area contributed by atoms with Crippen LogP contribution >= 0.6 is 11.3 Å². The number of carbonyl (C=O) groups is 1. The van der Waals surface area contributed by atoms with Crippen LogP contribution in [0, 0.1) is 0 Å². The summed E-state index contributed by atoms with van der Waals surface area (Å²) in [6.07, 6.45) is 0. The molecule has 1 aliphatic heterocycles. The fourth-order valence-corrected chi connectivity index (χ4v) is 3.33. The number of methoxy groups -OCH3 is 2. The van der Waals surface area contributed by atoms with Gasteiger partial charge in [-0.25, -0.2) is 4.98 Å². The summed E-state index contributed by atoms with van der Waals surface area (Å²) in [4.78, 5) is 16.9. The van der Waals surface area contributed by atoms with Gasteiger partial charge in [-0.15, -0.1) is 11.3 Å². The first-order valence-corrected chi connectivity index (χ1v) is 9.20. The predicted molar refractivity (Wildman–Crippen MR) is 105 cm³/mol. The fraction of sp³-hybridized carbons (Fsp3) is 0.158. The molecular weight excluding hydrogens is 382 g/mol. The van der Waals surface area contributed by atoms with Gasteiger partial charge in [0.1, 0.15) is 17.2 Å². The predicted octanol–water partition coefficient (Wildman–Crippen LogP) is 3.88. The summed E-state index contributed by atoms with van der Waals surface area (Å²) >= 11 is 1.33. The molecule has 0 unspecified atom stereocenters. The van der Waals surface area contributed by atoms with E-state index in [1.54, 1.807) is 30.7 Å². The van der Waals surface area contributed by atoms with Crippen molar-refractivity contribution in [2.75, 3.05) is 31.6 Å². The molecule has 8 nitrogen and oxygen atoms in total. The van der Waals surface area contributed by atoms with Crippen molar-refractivity contribution in [2.45, 2.75) is 0 Å². The largest absolute Gasteiger partial charge is 0.497 e. The highest BCUT2D eigenvalue weighted by molar-refractivity contribution is 7.14. The smallest absolute Gasteiger partial charge is 0.275 e. The Morgan fingerprint density at radius 3 is 2.79 bits per heavy atom. The standard InChI is InChI=1S/C19H17N3O5S/c1-24-12-4-5-13(16(8-12)25-2)21-18(23)14-9-28-19(22-14)20-11-3-6-15-17(7-11)27-10-26-15/h3-9H,10H2,1-2H3,(H,20,22)(H,21,23). The first-order chi connectivity index (χ1) is 13.7. The zero-order valence-electron chi connectivity index (χ0n) is 15.1. The number of nitrogens with zero attached hydrogens (tertiary/aromatic N) is 1. The molecule has 0 aliphatic carbocycles. The molecular formula is C19H17N3O5S. The van der Waals surface area contributed by atoms with Crippen LogP contribution in [0.15, 0.2) is 41.8 Å². The molecule has 9 heteroatoms. The number of ether oxygens (including phenoxy) is 4. The summed E-state index contributed by atoms with van der Waals surface area (Å²) in [5.74, 6) is 2.18. The van der Waals surface area contributed by atoms with Crippen LogP contribution in [0.4, 0.5) is 16.5 Å². The summed E-state index contributed by atoms with van der Waals surface area (Å²) in [6.45, 7) is 0.217. The maximum absolute atomic E-state index is 12.5. The third kappa shape index (κ3) is 3.65. The van der Waals surface area contributed by atoms with Crippen molar-refractivity contribution in [3.05, 3.63) is 47.5 Å². The number of hydrogen-bond donors (Lipinski definition) is 2. The van der Waals surface area contributed by atoms with Crippen LogP contribution in [0.5, 0.6) is 23.0 Å².